The van der Waals surface area contributed by atoms with Crippen molar-refractivity contribution >= 4 is 35.1 Å². The number of halogens is 1. The summed E-state index contributed by atoms with van der Waals surface area (Å²) in [6.45, 7) is 4.72. The van der Waals surface area contributed by atoms with E-state index in [0.29, 0.717) is 29.8 Å². The molecule has 1 aromatic carbocycles. The van der Waals surface area contributed by atoms with Crippen molar-refractivity contribution in [1.29, 1.82) is 0 Å². The zero-order valence-electron chi connectivity index (χ0n) is 14.1. The highest BCUT2D eigenvalue weighted by Crippen LogP contribution is 2.38. The number of benzene rings is 1. The smallest absolute Gasteiger partial charge is 0.226 e. The van der Waals surface area contributed by atoms with Crippen LogP contribution in [-0.2, 0) is 17.1 Å². The highest BCUT2D eigenvalue weighted by atomic mass is 35.5. The van der Waals surface area contributed by atoms with Crippen LogP contribution in [0.25, 0.3) is 0 Å². The van der Waals surface area contributed by atoms with Crippen molar-refractivity contribution < 1.29 is 4.79 Å². The first-order valence-corrected chi connectivity index (χ1v) is 9.61. The van der Waals surface area contributed by atoms with Crippen LogP contribution in [0.5, 0.6) is 0 Å². The predicted octanol–water partition coefficient (Wildman–Crippen LogP) is 4.15. The van der Waals surface area contributed by atoms with Gasteiger partial charge in [-0.05, 0) is 17.0 Å². The summed E-state index contributed by atoms with van der Waals surface area (Å²) in [5.41, 5.74) is 1.91. The molecule has 25 heavy (non-hydrogen) atoms. The molecule has 130 valence electrons. The van der Waals surface area contributed by atoms with Gasteiger partial charge in [0.15, 0.2) is 0 Å². The second kappa shape index (κ2) is 6.18. The van der Waals surface area contributed by atoms with E-state index < -0.39 is 0 Å². The van der Waals surface area contributed by atoms with E-state index in [1.54, 1.807) is 16.4 Å². The molecule has 0 spiro atoms. The topological polar surface area (TPSA) is 59.8 Å². The van der Waals surface area contributed by atoms with Gasteiger partial charge in [-0.1, -0.05) is 61.5 Å². The van der Waals surface area contributed by atoms with Gasteiger partial charge in [-0.3, -0.25) is 4.79 Å². The van der Waals surface area contributed by atoms with Crippen LogP contribution >= 0.6 is 23.4 Å². The number of thioether (sulfide) groups is 1. The minimum atomic E-state index is -0.136. The first-order valence-electron chi connectivity index (χ1n) is 8.25. The third-order valence-electron chi connectivity index (χ3n) is 4.52. The van der Waals surface area contributed by atoms with Gasteiger partial charge in [0.1, 0.15) is 5.78 Å². The first-order chi connectivity index (χ1) is 11.9. The van der Waals surface area contributed by atoms with Crippen LogP contribution in [-0.4, -0.2) is 20.5 Å². The van der Waals surface area contributed by atoms with Gasteiger partial charge in [-0.25, -0.2) is 4.68 Å². The van der Waals surface area contributed by atoms with Crippen molar-refractivity contribution in [2.45, 2.75) is 37.7 Å². The van der Waals surface area contributed by atoms with Crippen LogP contribution in [0.3, 0.4) is 0 Å². The molecule has 1 atom stereocenters. The molecule has 0 saturated carbocycles. The lowest BCUT2D eigenvalue weighted by molar-refractivity contribution is -0.124. The lowest BCUT2D eigenvalue weighted by atomic mass is 9.75. The van der Waals surface area contributed by atoms with E-state index in [0.717, 1.165) is 16.3 Å². The molecule has 7 heteroatoms. The molecule has 0 bridgehead atoms. The van der Waals surface area contributed by atoms with Crippen LogP contribution in [0.2, 0.25) is 5.02 Å². The molecule has 0 unspecified atom stereocenters. The minimum absolute atomic E-state index is 0.111. The Hall–Kier alpha value is -1.79. The Bertz CT molecular complexity index is 874. The molecule has 1 N–H and O–H groups in total. The molecule has 4 rings (SSSR count). The summed E-state index contributed by atoms with van der Waals surface area (Å²) in [6.07, 6.45) is 2.73. The largest absolute Gasteiger partial charge is 0.328 e. The second-order valence-corrected chi connectivity index (χ2v) is 8.54. The lowest BCUT2D eigenvalue weighted by Gasteiger charge is -2.35. The highest BCUT2D eigenvalue weighted by molar-refractivity contribution is 7.98. The molecule has 2 aromatic rings. The van der Waals surface area contributed by atoms with Gasteiger partial charge in [0.05, 0.1) is 12.5 Å². The van der Waals surface area contributed by atoms with Crippen molar-refractivity contribution in [3.8, 4) is 0 Å². The van der Waals surface area contributed by atoms with Gasteiger partial charge in [0.2, 0.25) is 11.1 Å². The highest BCUT2D eigenvalue weighted by Gasteiger charge is 2.38. The zero-order chi connectivity index (χ0) is 17.6. The minimum Gasteiger partial charge on any atom is -0.328 e. The van der Waals surface area contributed by atoms with Crippen molar-refractivity contribution in [3.05, 3.63) is 46.6 Å². The maximum absolute atomic E-state index is 12.4. The van der Waals surface area contributed by atoms with Gasteiger partial charge < -0.3 is 5.32 Å². The lowest BCUT2D eigenvalue weighted by Crippen LogP contribution is -2.38. The van der Waals surface area contributed by atoms with E-state index in [1.807, 2.05) is 24.3 Å². The summed E-state index contributed by atoms with van der Waals surface area (Å²) < 4.78 is 1.80. The number of rotatable bonds is 3. The Morgan fingerprint density at radius 3 is 3.00 bits per heavy atom. The average Bonchev–Trinajstić information content (AvgIpc) is 2.93. The Balaban J connectivity index is 1.53. The van der Waals surface area contributed by atoms with E-state index in [9.17, 15) is 4.79 Å². The molecule has 5 nitrogen and oxygen atoms in total. The molecule has 2 heterocycles. The fourth-order valence-corrected chi connectivity index (χ4v) is 4.43. The van der Waals surface area contributed by atoms with Crippen molar-refractivity contribution in [2.75, 3.05) is 5.32 Å². The SMILES string of the molecule is CC1(C)C=C2Nc3nc(SCc4ccccc4Cl)nn3C[C@@H]2C(=O)C1. The molecule has 1 aromatic heterocycles. The standard InChI is InChI=1S/C18H19ClN4OS/c1-18(2)7-14-12(15(24)8-18)9-23-16(20-14)21-17(22-23)25-10-11-5-3-4-6-13(11)19/h3-7,12H,8-10H2,1-2H3,(H,20,21,22)/t12-/m0/s1. The van der Waals surface area contributed by atoms with Crippen LogP contribution in [0.1, 0.15) is 25.8 Å². The number of hydrogen-bond donors (Lipinski definition) is 1. The summed E-state index contributed by atoms with van der Waals surface area (Å²) in [7, 11) is 0. The normalized spacial score (nSPS) is 21.2. The Morgan fingerprint density at radius 1 is 1.40 bits per heavy atom. The predicted molar refractivity (Wildman–Crippen MR) is 99.6 cm³/mol. The first kappa shape index (κ1) is 16.7. The molecular formula is C18H19ClN4OS. The van der Waals surface area contributed by atoms with E-state index in [4.69, 9.17) is 11.6 Å². The molecule has 0 saturated heterocycles. The summed E-state index contributed by atoms with van der Waals surface area (Å²) in [5.74, 6) is 1.54. The number of fused-ring (bicyclic) bond motifs is 2. The number of hydrogen-bond acceptors (Lipinski definition) is 5. The molecule has 0 fully saturated rings. The summed E-state index contributed by atoms with van der Waals surface area (Å²) >= 11 is 7.74. The summed E-state index contributed by atoms with van der Waals surface area (Å²) in [5, 5.41) is 9.29. The number of anilines is 1. The van der Waals surface area contributed by atoms with E-state index in [-0.39, 0.29) is 17.1 Å². The third kappa shape index (κ3) is 3.33. The second-order valence-electron chi connectivity index (χ2n) is 7.19. The third-order valence-corrected chi connectivity index (χ3v) is 5.77. The van der Waals surface area contributed by atoms with Gasteiger partial charge in [0.25, 0.3) is 0 Å². The zero-order valence-corrected chi connectivity index (χ0v) is 15.7. The van der Waals surface area contributed by atoms with Gasteiger partial charge in [-0.2, -0.15) is 4.98 Å². The number of carbonyl (C=O) groups excluding carboxylic acids is 1. The number of Topliss-reactive ketones (excluding diaryl/α,β-unsaturated/α-hetero) is 1. The number of nitrogens with one attached hydrogen (secondary N) is 1. The Morgan fingerprint density at radius 2 is 2.20 bits per heavy atom. The fraction of sp³-hybridized carbons (Fsp3) is 0.389. The summed E-state index contributed by atoms with van der Waals surface area (Å²) in [6, 6.07) is 7.78. The number of carbonyl (C=O) groups is 1. The van der Waals surface area contributed by atoms with Gasteiger partial charge in [0, 0.05) is 22.9 Å². The maximum Gasteiger partial charge on any atom is 0.226 e. The quantitative estimate of drug-likeness (QED) is 0.818. The maximum atomic E-state index is 12.4. The number of ketones is 1. The Labute approximate surface area is 155 Å². The van der Waals surface area contributed by atoms with Crippen LogP contribution in [0.15, 0.2) is 41.2 Å². The van der Waals surface area contributed by atoms with Crippen LogP contribution in [0, 0.1) is 11.3 Å². The van der Waals surface area contributed by atoms with E-state index >= 15 is 0 Å². The molecule has 1 aliphatic carbocycles. The fourth-order valence-electron chi connectivity index (χ4n) is 3.30. The monoisotopic (exact) mass is 374 g/mol. The molecule has 0 radical (unpaired) electrons. The number of aromatic nitrogens is 3. The number of allylic oxidation sites excluding steroid dienone is 2. The molecule has 0 amide bonds. The van der Waals surface area contributed by atoms with Crippen molar-refractivity contribution in [1.82, 2.24) is 14.8 Å². The molecular weight excluding hydrogens is 356 g/mol. The number of nitrogens with zero attached hydrogens (tertiary/aromatic N) is 3. The molecule has 1 aliphatic heterocycles. The van der Waals surface area contributed by atoms with Gasteiger partial charge in [-0.15, -0.1) is 5.10 Å². The Kier molecular flexibility index (Phi) is 4.12. The summed E-state index contributed by atoms with van der Waals surface area (Å²) in [4.78, 5) is 17.0. The van der Waals surface area contributed by atoms with Gasteiger partial charge >= 0.3 is 0 Å². The van der Waals surface area contributed by atoms with E-state index in [2.05, 4.69) is 35.3 Å². The molecule has 2 aliphatic rings. The van der Waals surface area contributed by atoms with Crippen molar-refractivity contribution in [3.63, 3.8) is 0 Å². The average molecular weight is 375 g/mol. The van der Waals surface area contributed by atoms with Crippen molar-refractivity contribution in [2.24, 2.45) is 11.3 Å². The van der Waals surface area contributed by atoms with Crippen LogP contribution < -0.4 is 5.32 Å². The van der Waals surface area contributed by atoms with E-state index in [1.165, 1.54) is 0 Å². The van der Waals surface area contributed by atoms with Crippen LogP contribution in [0.4, 0.5) is 5.95 Å².